The summed E-state index contributed by atoms with van der Waals surface area (Å²) in [6.45, 7) is 0.388. The minimum absolute atomic E-state index is 0.0836. The van der Waals surface area contributed by atoms with Gasteiger partial charge in [-0.3, -0.25) is 4.98 Å². The molecule has 18 heavy (non-hydrogen) atoms. The Morgan fingerprint density at radius 1 is 1.11 bits per heavy atom. The predicted octanol–water partition coefficient (Wildman–Crippen LogP) is 2.16. The zero-order valence-corrected chi connectivity index (χ0v) is 10.2. The summed E-state index contributed by atoms with van der Waals surface area (Å²) in [5.41, 5.74) is 1.65. The summed E-state index contributed by atoms with van der Waals surface area (Å²) in [5, 5.41) is 8.97. The van der Waals surface area contributed by atoms with Gasteiger partial charge in [0.15, 0.2) is 0 Å². The van der Waals surface area contributed by atoms with Crippen molar-refractivity contribution in [2.24, 2.45) is 0 Å². The van der Waals surface area contributed by atoms with Crippen LogP contribution in [0.1, 0.15) is 11.3 Å². The van der Waals surface area contributed by atoms with E-state index < -0.39 is 0 Å². The van der Waals surface area contributed by atoms with Crippen LogP contribution in [0.2, 0.25) is 0 Å². The van der Waals surface area contributed by atoms with Gasteiger partial charge in [0.05, 0.1) is 19.4 Å². The maximum atomic E-state index is 8.97. The van der Waals surface area contributed by atoms with E-state index in [1.54, 1.807) is 25.4 Å². The maximum Gasteiger partial charge on any atom is 0.123 e. The van der Waals surface area contributed by atoms with Crippen LogP contribution in [0.25, 0.3) is 0 Å². The molecule has 0 aliphatic heterocycles. The Balaban J connectivity index is 1.97. The highest BCUT2D eigenvalue weighted by Crippen LogP contribution is 2.15. The van der Waals surface area contributed by atoms with Crippen LogP contribution in [0.4, 0.5) is 0 Å². The highest BCUT2D eigenvalue weighted by atomic mass is 16.5. The largest absolute Gasteiger partial charge is 0.497 e. The van der Waals surface area contributed by atoms with Crippen molar-refractivity contribution in [3.8, 4) is 11.5 Å². The molecule has 4 nitrogen and oxygen atoms in total. The van der Waals surface area contributed by atoms with Crippen molar-refractivity contribution >= 4 is 0 Å². The van der Waals surface area contributed by atoms with Crippen molar-refractivity contribution in [2.75, 3.05) is 7.11 Å². The van der Waals surface area contributed by atoms with Crippen molar-refractivity contribution in [2.45, 2.75) is 13.2 Å². The van der Waals surface area contributed by atoms with Crippen LogP contribution in [-0.4, -0.2) is 17.2 Å². The lowest BCUT2D eigenvalue weighted by molar-refractivity contribution is 0.273. The molecular weight excluding hydrogens is 230 g/mol. The van der Waals surface area contributed by atoms with E-state index >= 15 is 0 Å². The van der Waals surface area contributed by atoms with Gasteiger partial charge in [0, 0.05) is 12.3 Å². The van der Waals surface area contributed by atoms with Gasteiger partial charge in [-0.2, -0.15) is 0 Å². The smallest absolute Gasteiger partial charge is 0.123 e. The van der Waals surface area contributed by atoms with Gasteiger partial charge < -0.3 is 14.6 Å². The Labute approximate surface area is 106 Å². The molecule has 0 atom stereocenters. The van der Waals surface area contributed by atoms with Crippen molar-refractivity contribution in [1.82, 2.24) is 4.98 Å². The molecule has 0 bridgehead atoms. The van der Waals surface area contributed by atoms with Crippen molar-refractivity contribution in [1.29, 1.82) is 0 Å². The van der Waals surface area contributed by atoms with E-state index in [1.165, 1.54) is 0 Å². The second-order valence-corrected chi connectivity index (χ2v) is 3.78. The van der Waals surface area contributed by atoms with E-state index in [-0.39, 0.29) is 6.61 Å². The molecule has 94 valence electrons. The van der Waals surface area contributed by atoms with Crippen molar-refractivity contribution in [3.63, 3.8) is 0 Å². The van der Waals surface area contributed by atoms with Gasteiger partial charge in [-0.15, -0.1) is 0 Å². The molecule has 2 aromatic rings. The number of aliphatic hydroxyl groups excluding tert-OH is 1. The lowest BCUT2D eigenvalue weighted by Gasteiger charge is -2.07. The van der Waals surface area contributed by atoms with E-state index in [9.17, 15) is 0 Å². The molecule has 0 spiro atoms. The minimum atomic E-state index is -0.0836. The first kappa shape index (κ1) is 12.4. The number of benzene rings is 1. The zero-order valence-electron chi connectivity index (χ0n) is 10.2. The molecule has 1 aromatic heterocycles. The summed E-state index contributed by atoms with van der Waals surface area (Å²) < 4.78 is 10.7. The van der Waals surface area contributed by atoms with E-state index in [0.717, 1.165) is 11.3 Å². The van der Waals surface area contributed by atoms with E-state index in [2.05, 4.69) is 4.98 Å². The van der Waals surface area contributed by atoms with E-state index in [4.69, 9.17) is 14.6 Å². The molecule has 0 radical (unpaired) electrons. The fourth-order valence-electron chi connectivity index (χ4n) is 1.52. The molecule has 1 aromatic carbocycles. The summed E-state index contributed by atoms with van der Waals surface area (Å²) >= 11 is 0. The summed E-state index contributed by atoms with van der Waals surface area (Å²) in [6.07, 6.45) is 1.62. The molecule has 0 amide bonds. The summed E-state index contributed by atoms with van der Waals surface area (Å²) in [7, 11) is 1.64. The molecule has 0 fully saturated rings. The van der Waals surface area contributed by atoms with E-state index in [0.29, 0.717) is 18.1 Å². The monoisotopic (exact) mass is 245 g/mol. The van der Waals surface area contributed by atoms with Gasteiger partial charge in [0.2, 0.25) is 0 Å². The van der Waals surface area contributed by atoms with Gasteiger partial charge in [0.25, 0.3) is 0 Å². The molecule has 0 saturated heterocycles. The Kier molecular flexibility index (Phi) is 4.15. The molecule has 2 rings (SSSR count). The standard InChI is InChI=1S/C14H15NO3/c1-17-13-4-2-11(3-5-13)10-18-14-6-7-15-12(8-14)9-16/h2-8,16H,9-10H2,1H3. The molecule has 0 aliphatic carbocycles. The first-order valence-corrected chi connectivity index (χ1v) is 5.63. The fraction of sp³-hybridized carbons (Fsp3) is 0.214. The average Bonchev–Trinajstić information content (AvgIpc) is 2.46. The third kappa shape index (κ3) is 3.21. The topological polar surface area (TPSA) is 51.6 Å². The van der Waals surface area contributed by atoms with Crippen LogP contribution >= 0.6 is 0 Å². The Morgan fingerprint density at radius 3 is 2.56 bits per heavy atom. The van der Waals surface area contributed by atoms with Gasteiger partial charge in [0.1, 0.15) is 18.1 Å². The number of rotatable bonds is 5. The summed E-state index contributed by atoms with van der Waals surface area (Å²) in [6, 6.07) is 11.2. The number of aromatic nitrogens is 1. The molecule has 0 aliphatic rings. The van der Waals surface area contributed by atoms with Crippen LogP contribution in [0, 0.1) is 0 Å². The highest BCUT2D eigenvalue weighted by molar-refractivity contribution is 5.28. The molecular formula is C14H15NO3. The SMILES string of the molecule is COc1ccc(COc2ccnc(CO)c2)cc1. The van der Waals surface area contributed by atoms with Gasteiger partial charge in [-0.1, -0.05) is 12.1 Å². The number of nitrogens with zero attached hydrogens (tertiary/aromatic N) is 1. The predicted molar refractivity (Wildman–Crippen MR) is 67.5 cm³/mol. The average molecular weight is 245 g/mol. The van der Waals surface area contributed by atoms with Gasteiger partial charge in [-0.25, -0.2) is 0 Å². The van der Waals surface area contributed by atoms with Crippen molar-refractivity contribution < 1.29 is 14.6 Å². The summed E-state index contributed by atoms with van der Waals surface area (Å²) in [5.74, 6) is 1.52. The fourth-order valence-corrected chi connectivity index (χ4v) is 1.52. The lowest BCUT2D eigenvalue weighted by atomic mass is 10.2. The first-order chi connectivity index (χ1) is 8.81. The molecule has 1 N–H and O–H groups in total. The van der Waals surface area contributed by atoms with E-state index in [1.807, 2.05) is 24.3 Å². The first-order valence-electron chi connectivity index (χ1n) is 5.63. The second-order valence-electron chi connectivity index (χ2n) is 3.78. The zero-order chi connectivity index (χ0) is 12.8. The maximum absolute atomic E-state index is 8.97. The van der Waals surface area contributed by atoms with Gasteiger partial charge in [-0.05, 0) is 23.8 Å². The summed E-state index contributed by atoms with van der Waals surface area (Å²) in [4.78, 5) is 3.99. The highest BCUT2D eigenvalue weighted by Gasteiger charge is 1.99. The van der Waals surface area contributed by atoms with Crippen LogP contribution in [0.5, 0.6) is 11.5 Å². The number of ether oxygens (including phenoxy) is 2. The Morgan fingerprint density at radius 2 is 1.89 bits per heavy atom. The molecule has 0 unspecified atom stereocenters. The van der Waals surface area contributed by atoms with Crippen LogP contribution in [-0.2, 0) is 13.2 Å². The van der Waals surface area contributed by atoms with Crippen molar-refractivity contribution in [3.05, 3.63) is 53.9 Å². The second kappa shape index (κ2) is 6.02. The lowest BCUT2D eigenvalue weighted by Crippen LogP contribution is -1.97. The number of aliphatic hydroxyl groups is 1. The van der Waals surface area contributed by atoms with Gasteiger partial charge >= 0.3 is 0 Å². The molecule has 0 saturated carbocycles. The Bertz CT molecular complexity index is 497. The Hall–Kier alpha value is -2.07. The third-order valence-corrected chi connectivity index (χ3v) is 2.51. The number of hydrogen-bond donors (Lipinski definition) is 1. The van der Waals surface area contributed by atoms with Crippen LogP contribution < -0.4 is 9.47 Å². The molecule has 4 heteroatoms. The third-order valence-electron chi connectivity index (χ3n) is 2.51. The van der Waals surface area contributed by atoms with Crippen LogP contribution in [0.15, 0.2) is 42.6 Å². The minimum Gasteiger partial charge on any atom is -0.497 e. The number of hydrogen-bond acceptors (Lipinski definition) is 4. The number of pyridine rings is 1. The molecule has 1 heterocycles. The quantitative estimate of drug-likeness (QED) is 0.877. The van der Waals surface area contributed by atoms with Crippen LogP contribution in [0.3, 0.4) is 0 Å². The number of methoxy groups -OCH3 is 1. The normalized spacial score (nSPS) is 10.1.